The van der Waals surface area contributed by atoms with Gasteiger partial charge in [0.05, 0.1) is 12.0 Å². The lowest BCUT2D eigenvalue weighted by Gasteiger charge is -2.25. The molecule has 0 saturated carbocycles. The van der Waals surface area contributed by atoms with Crippen LogP contribution in [0.3, 0.4) is 0 Å². The van der Waals surface area contributed by atoms with Crippen molar-refractivity contribution >= 4 is 11.8 Å². The molecule has 2 aromatic carbocycles. The van der Waals surface area contributed by atoms with E-state index < -0.39 is 24.0 Å². The van der Waals surface area contributed by atoms with E-state index in [9.17, 15) is 14.7 Å². The molecule has 2 N–H and O–H groups in total. The summed E-state index contributed by atoms with van der Waals surface area (Å²) in [5.41, 5.74) is 1.57. The molecule has 6 nitrogen and oxygen atoms in total. The Bertz CT molecular complexity index is 793. The van der Waals surface area contributed by atoms with E-state index in [0.29, 0.717) is 12.1 Å². The first kappa shape index (κ1) is 14.9. The molecule has 3 atom stereocenters. The summed E-state index contributed by atoms with van der Waals surface area (Å²) >= 11 is 0. The SMILES string of the molecule is O=C1NC(=O)C2C1ON(Cc1ccccc1)C2c1ccccc1O. The molecule has 2 aliphatic rings. The summed E-state index contributed by atoms with van der Waals surface area (Å²) in [4.78, 5) is 30.0. The molecule has 0 aliphatic carbocycles. The maximum absolute atomic E-state index is 12.2. The number of rotatable bonds is 3. The molecule has 2 heterocycles. The predicted molar refractivity (Wildman–Crippen MR) is 84.3 cm³/mol. The van der Waals surface area contributed by atoms with Gasteiger partial charge in [-0.15, -0.1) is 0 Å². The number of hydrogen-bond acceptors (Lipinski definition) is 5. The highest BCUT2D eigenvalue weighted by Crippen LogP contribution is 2.45. The quantitative estimate of drug-likeness (QED) is 0.837. The minimum Gasteiger partial charge on any atom is -0.508 e. The summed E-state index contributed by atoms with van der Waals surface area (Å²) in [6.45, 7) is 0.410. The Morgan fingerprint density at radius 2 is 1.71 bits per heavy atom. The van der Waals surface area contributed by atoms with E-state index >= 15 is 0 Å². The van der Waals surface area contributed by atoms with Crippen LogP contribution in [0.25, 0.3) is 0 Å². The number of aromatic hydroxyl groups is 1. The molecule has 2 saturated heterocycles. The second-order valence-electron chi connectivity index (χ2n) is 5.97. The van der Waals surface area contributed by atoms with E-state index in [0.717, 1.165) is 5.56 Å². The lowest BCUT2D eigenvalue weighted by Crippen LogP contribution is -2.33. The van der Waals surface area contributed by atoms with Crippen LogP contribution in [0.4, 0.5) is 0 Å². The molecule has 122 valence electrons. The third-order valence-corrected chi connectivity index (χ3v) is 4.47. The zero-order valence-corrected chi connectivity index (χ0v) is 12.8. The Balaban J connectivity index is 1.73. The second kappa shape index (κ2) is 5.74. The van der Waals surface area contributed by atoms with Crippen LogP contribution in [-0.2, 0) is 21.0 Å². The second-order valence-corrected chi connectivity index (χ2v) is 5.97. The van der Waals surface area contributed by atoms with Crippen LogP contribution in [0.2, 0.25) is 0 Å². The normalized spacial score (nSPS) is 26.4. The first-order chi connectivity index (χ1) is 11.6. The average molecular weight is 324 g/mol. The predicted octanol–water partition coefficient (Wildman–Crippen LogP) is 1.52. The van der Waals surface area contributed by atoms with Crippen molar-refractivity contribution in [3.8, 4) is 5.75 Å². The summed E-state index contributed by atoms with van der Waals surface area (Å²) in [7, 11) is 0. The van der Waals surface area contributed by atoms with E-state index in [2.05, 4.69) is 5.32 Å². The molecular formula is C18H16N2O4. The summed E-state index contributed by atoms with van der Waals surface area (Å²) < 4.78 is 0. The standard InChI is InChI=1S/C18H16N2O4/c21-13-9-5-4-8-12(13)15-14-16(18(23)19-17(14)22)24-20(15)10-11-6-2-1-3-7-11/h1-9,14-16,21H,10H2,(H,19,22,23). The Hall–Kier alpha value is -2.70. The van der Waals surface area contributed by atoms with Crippen LogP contribution in [-0.4, -0.2) is 28.1 Å². The number of imide groups is 1. The Labute approximate surface area is 138 Å². The van der Waals surface area contributed by atoms with Gasteiger partial charge in [-0.1, -0.05) is 48.5 Å². The Morgan fingerprint density at radius 1 is 1.00 bits per heavy atom. The molecule has 2 aromatic rings. The molecule has 0 radical (unpaired) electrons. The van der Waals surface area contributed by atoms with Crippen LogP contribution in [0, 0.1) is 5.92 Å². The van der Waals surface area contributed by atoms with Crippen molar-refractivity contribution in [2.45, 2.75) is 18.7 Å². The van der Waals surface area contributed by atoms with Gasteiger partial charge in [0.2, 0.25) is 5.91 Å². The minimum absolute atomic E-state index is 0.0805. The highest BCUT2D eigenvalue weighted by atomic mass is 16.7. The first-order valence-corrected chi connectivity index (χ1v) is 7.75. The van der Waals surface area contributed by atoms with Crippen LogP contribution in [0.1, 0.15) is 17.2 Å². The zero-order valence-electron chi connectivity index (χ0n) is 12.8. The van der Waals surface area contributed by atoms with Gasteiger partial charge in [0, 0.05) is 12.1 Å². The lowest BCUT2D eigenvalue weighted by atomic mass is 9.90. The van der Waals surface area contributed by atoms with Crippen molar-refractivity contribution < 1.29 is 19.5 Å². The van der Waals surface area contributed by atoms with Gasteiger partial charge in [0.25, 0.3) is 5.91 Å². The topological polar surface area (TPSA) is 78.9 Å². The number of amides is 2. The summed E-state index contributed by atoms with van der Waals surface area (Å²) in [6.07, 6.45) is -0.856. The maximum Gasteiger partial charge on any atom is 0.258 e. The number of nitrogens with zero attached hydrogens (tertiary/aromatic N) is 1. The average Bonchev–Trinajstić information content (AvgIpc) is 3.07. The highest BCUT2D eigenvalue weighted by Gasteiger charge is 2.56. The van der Waals surface area contributed by atoms with Crippen molar-refractivity contribution in [3.05, 3.63) is 65.7 Å². The van der Waals surface area contributed by atoms with Crippen LogP contribution in [0.5, 0.6) is 5.75 Å². The molecule has 2 amide bonds. The number of hydrogen-bond donors (Lipinski definition) is 2. The molecule has 6 heteroatoms. The Kier molecular flexibility index (Phi) is 3.55. The van der Waals surface area contributed by atoms with Crippen molar-refractivity contribution in [1.29, 1.82) is 0 Å². The fourth-order valence-corrected chi connectivity index (χ4v) is 3.37. The van der Waals surface area contributed by atoms with Crippen molar-refractivity contribution in [2.75, 3.05) is 0 Å². The monoisotopic (exact) mass is 324 g/mol. The lowest BCUT2D eigenvalue weighted by molar-refractivity contribution is -0.178. The van der Waals surface area contributed by atoms with E-state index in [1.54, 1.807) is 29.3 Å². The number of phenolic OH excluding ortho intramolecular Hbond substituents is 1. The molecule has 2 aliphatic heterocycles. The van der Waals surface area contributed by atoms with Crippen molar-refractivity contribution in [1.82, 2.24) is 10.4 Å². The number of benzene rings is 2. The van der Waals surface area contributed by atoms with Gasteiger partial charge >= 0.3 is 0 Å². The maximum atomic E-state index is 12.2. The fourth-order valence-electron chi connectivity index (χ4n) is 3.37. The van der Waals surface area contributed by atoms with Crippen molar-refractivity contribution in [3.63, 3.8) is 0 Å². The molecule has 24 heavy (non-hydrogen) atoms. The molecule has 4 rings (SSSR count). The number of carbonyl (C=O) groups is 2. The number of fused-ring (bicyclic) bond motifs is 1. The third-order valence-electron chi connectivity index (χ3n) is 4.47. The molecular weight excluding hydrogens is 308 g/mol. The number of carbonyl (C=O) groups excluding carboxylic acids is 2. The fraction of sp³-hybridized carbons (Fsp3) is 0.222. The van der Waals surface area contributed by atoms with Gasteiger partial charge in [-0.2, -0.15) is 5.06 Å². The van der Waals surface area contributed by atoms with Gasteiger partial charge in [0.1, 0.15) is 5.75 Å². The number of nitrogens with one attached hydrogen (secondary N) is 1. The summed E-state index contributed by atoms with van der Waals surface area (Å²) in [5, 5.41) is 14.2. The third kappa shape index (κ3) is 2.36. The van der Waals surface area contributed by atoms with E-state index in [1.807, 2.05) is 30.3 Å². The molecule has 3 unspecified atom stereocenters. The van der Waals surface area contributed by atoms with Crippen LogP contribution < -0.4 is 5.32 Å². The van der Waals surface area contributed by atoms with E-state index in [4.69, 9.17) is 4.84 Å². The molecule has 0 aromatic heterocycles. The molecule has 2 fully saturated rings. The summed E-state index contributed by atoms with van der Waals surface area (Å²) in [5.74, 6) is -1.39. The van der Waals surface area contributed by atoms with Crippen LogP contribution >= 0.6 is 0 Å². The number of hydroxylamine groups is 2. The largest absolute Gasteiger partial charge is 0.508 e. The van der Waals surface area contributed by atoms with Gasteiger partial charge in [0.15, 0.2) is 6.10 Å². The highest BCUT2D eigenvalue weighted by molar-refractivity contribution is 6.07. The van der Waals surface area contributed by atoms with Gasteiger partial charge < -0.3 is 5.11 Å². The molecule has 0 bridgehead atoms. The van der Waals surface area contributed by atoms with Crippen LogP contribution in [0.15, 0.2) is 54.6 Å². The van der Waals surface area contributed by atoms with E-state index in [1.165, 1.54) is 0 Å². The van der Waals surface area contributed by atoms with Crippen molar-refractivity contribution in [2.24, 2.45) is 5.92 Å². The molecule has 0 spiro atoms. The van der Waals surface area contributed by atoms with Gasteiger partial charge in [-0.3, -0.25) is 19.7 Å². The van der Waals surface area contributed by atoms with Gasteiger partial charge in [-0.25, -0.2) is 0 Å². The summed E-state index contributed by atoms with van der Waals surface area (Å²) in [6, 6.07) is 15.9. The number of phenols is 1. The smallest absolute Gasteiger partial charge is 0.258 e. The Morgan fingerprint density at radius 3 is 2.46 bits per heavy atom. The van der Waals surface area contributed by atoms with E-state index in [-0.39, 0.29) is 11.7 Å². The number of para-hydroxylation sites is 1. The van der Waals surface area contributed by atoms with Gasteiger partial charge in [-0.05, 0) is 11.6 Å². The minimum atomic E-state index is -0.856. The first-order valence-electron chi connectivity index (χ1n) is 7.75. The zero-order chi connectivity index (χ0) is 16.7.